The van der Waals surface area contributed by atoms with Crippen LogP contribution in [0.2, 0.25) is 13.1 Å². The number of hydrogen-bond donors (Lipinski definition) is 2. The van der Waals surface area contributed by atoms with Crippen LogP contribution in [0.4, 0.5) is 4.39 Å². The number of H-pyrrole nitrogens is 1. The van der Waals surface area contributed by atoms with Crippen LogP contribution in [-0.2, 0) is 20.6 Å². The summed E-state index contributed by atoms with van der Waals surface area (Å²) < 4.78 is 26.5. The van der Waals surface area contributed by atoms with Crippen molar-refractivity contribution in [3.05, 3.63) is 77.4 Å². The number of nitrogens with zero attached hydrogens (tertiary/aromatic N) is 4. The number of aromatic amines is 1. The number of benzene rings is 2. The van der Waals surface area contributed by atoms with E-state index in [0.717, 1.165) is 27.9 Å². The Morgan fingerprint density at radius 1 is 1.15 bits per heavy atom. The number of likely N-dealkylation sites (tertiary alicyclic amines) is 1. The summed E-state index contributed by atoms with van der Waals surface area (Å²) in [6.45, 7) is 7.22. The molecule has 4 heterocycles. The van der Waals surface area contributed by atoms with Gasteiger partial charge < -0.3 is 14.5 Å². The number of hydrogen-bond acceptors (Lipinski definition) is 8. The molecule has 2 aromatic heterocycles. The molecule has 3 atom stereocenters. The van der Waals surface area contributed by atoms with E-state index in [1.54, 1.807) is 24.4 Å². The van der Waals surface area contributed by atoms with Crippen LogP contribution >= 0.6 is 0 Å². The molecule has 242 valence electrons. The first-order chi connectivity index (χ1) is 22.2. The molecule has 13 heteroatoms. The predicted molar refractivity (Wildman–Crippen MR) is 173 cm³/mol. The van der Waals surface area contributed by atoms with Gasteiger partial charge in [-0.3, -0.25) is 29.4 Å². The van der Waals surface area contributed by atoms with Gasteiger partial charge in [0.2, 0.25) is 0 Å². The number of aryl methyl sites for hydroxylation is 1. The number of amides is 2. The summed E-state index contributed by atoms with van der Waals surface area (Å²) >= 11 is 0. The van der Waals surface area contributed by atoms with Gasteiger partial charge in [-0.15, -0.1) is 0 Å². The van der Waals surface area contributed by atoms with E-state index in [4.69, 9.17) is 14.0 Å². The molecule has 1 unspecified atom stereocenters. The van der Waals surface area contributed by atoms with Crippen LogP contribution in [0.15, 0.2) is 54.7 Å². The van der Waals surface area contributed by atoms with Crippen LogP contribution in [0.3, 0.4) is 0 Å². The van der Waals surface area contributed by atoms with Crippen molar-refractivity contribution in [2.75, 3.05) is 26.8 Å². The molecule has 6 rings (SSSR count). The van der Waals surface area contributed by atoms with Crippen LogP contribution in [-0.4, -0.2) is 91.0 Å². The van der Waals surface area contributed by atoms with Crippen molar-refractivity contribution < 1.29 is 28.0 Å². The average Bonchev–Trinajstić information content (AvgIpc) is 3.68. The number of carbonyl (C=O) groups excluding carboxylic acids is 2. The normalized spacial score (nSPS) is 20.4. The molecule has 0 bridgehead atoms. The summed E-state index contributed by atoms with van der Waals surface area (Å²) in [6, 6.07) is 13.1. The highest BCUT2D eigenvalue weighted by Crippen LogP contribution is 2.30. The molecule has 0 aliphatic carbocycles. The zero-order valence-corrected chi connectivity index (χ0v) is 27.6. The zero-order chi connectivity index (χ0) is 32.4. The van der Waals surface area contributed by atoms with Crippen molar-refractivity contribution in [3.63, 3.8) is 0 Å². The monoisotopic (exact) mass is 646 g/mol. The number of methoxy groups -OCH3 is 1. The number of fused-ring (bicyclic) bond motifs is 1. The second-order valence-electron chi connectivity index (χ2n) is 12.1. The fourth-order valence-corrected chi connectivity index (χ4v) is 7.22. The Hall–Kier alpha value is -4.17. The fraction of sp³-hybridized carbons (Fsp3) is 0.394. The molecule has 0 spiro atoms. The van der Waals surface area contributed by atoms with E-state index in [9.17, 15) is 9.59 Å². The van der Waals surface area contributed by atoms with Crippen LogP contribution in [0, 0.1) is 12.7 Å². The van der Waals surface area contributed by atoms with Crippen molar-refractivity contribution in [3.8, 4) is 17.0 Å². The van der Waals surface area contributed by atoms with Gasteiger partial charge in [0, 0.05) is 53.1 Å². The molecule has 2 aliphatic rings. The number of rotatable bonds is 9. The van der Waals surface area contributed by atoms with E-state index in [1.165, 1.54) is 18.2 Å². The van der Waals surface area contributed by atoms with Crippen molar-refractivity contribution in [1.82, 2.24) is 30.5 Å². The molecule has 2 amide bonds. The lowest BCUT2D eigenvalue weighted by molar-refractivity contribution is -0.176. The molecule has 2 aliphatic heterocycles. The van der Waals surface area contributed by atoms with Crippen LogP contribution < -0.4 is 10.1 Å². The molecule has 11 nitrogen and oxygen atoms in total. The first-order valence-electron chi connectivity index (χ1n) is 15.6. The van der Waals surface area contributed by atoms with Gasteiger partial charge in [-0.1, -0.05) is 6.07 Å². The quantitative estimate of drug-likeness (QED) is 0.262. The lowest BCUT2D eigenvalue weighted by Crippen LogP contribution is -2.56. The second kappa shape index (κ2) is 13.7. The van der Waals surface area contributed by atoms with Crippen molar-refractivity contribution in [2.45, 2.75) is 57.6 Å². The molecule has 46 heavy (non-hydrogen) atoms. The lowest BCUT2D eigenvalue weighted by Gasteiger charge is -2.40. The third-order valence-corrected chi connectivity index (χ3v) is 9.38. The van der Waals surface area contributed by atoms with E-state index in [-0.39, 0.29) is 30.5 Å². The van der Waals surface area contributed by atoms with Gasteiger partial charge in [-0.05, 0) is 75.3 Å². The van der Waals surface area contributed by atoms with E-state index in [0.29, 0.717) is 49.4 Å². The number of aromatic nitrogens is 3. The summed E-state index contributed by atoms with van der Waals surface area (Å²) in [6.07, 6.45) is 2.61. The second-order valence-corrected chi connectivity index (χ2v) is 14.5. The molecule has 4 aromatic rings. The Bertz CT molecular complexity index is 1730. The number of piperidine rings is 1. The van der Waals surface area contributed by atoms with Gasteiger partial charge in [0.15, 0.2) is 9.04 Å². The Morgan fingerprint density at radius 2 is 2.00 bits per heavy atom. The minimum atomic E-state index is -1.30. The molecule has 2 N–H and O–H groups in total. The molecule has 0 saturated carbocycles. The van der Waals surface area contributed by atoms with Crippen LogP contribution in [0.1, 0.15) is 34.5 Å². The molecular formula is C33H39FN6O5Si. The maximum Gasteiger partial charge on any atom is 0.263 e. The van der Waals surface area contributed by atoms with Crippen molar-refractivity contribution >= 4 is 31.8 Å². The average molecular weight is 647 g/mol. The largest absolute Gasteiger partial charge is 0.496 e. The molecular weight excluding hydrogens is 607 g/mol. The van der Waals surface area contributed by atoms with Gasteiger partial charge in [0.05, 0.1) is 31.3 Å². The standard InChI is InChI=1S/C33H39FN6O5Si/c1-20-14-21(12-13-35-20)31-25-15-22(8-10-28(25)37-38-31)32(41)36-23-9-11-29(33(42)40-17-24(19-44-40)45-46(3)4)39(16-23)18-26-27(34)6-5-7-30(26)43-2/h5-8,10,12-15,23-24,29,46H,9,11,16-19H2,1-4H3,(H,36,41)(H,37,38)/t23-,24?,29+/m1/s1. The number of ether oxygens (including phenoxy) is 1. The number of hydroxylamine groups is 2. The number of nitrogens with one attached hydrogen (secondary N) is 2. The van der Waals surface area contributed by atoms with Crippen molar-refractivity contribution in [2.24, 2.45) is 0 Å². The third-order valence-electron chi connectivity index (χ3n) is 8.45. The Balaban J connectivity index is 1.21. The minimum Gasteiger partial charge on any atom is -0.496 e. The fourth-order valence-electron chi connectivity index (χ4n) is 6.29. The summed E-state index contributed by atoms with van der Waals surface area (Å²) in [5.74, 6) is -0.448. The first-order valence-corrected chi connectivity index (χ1v) is 18.4. The smallest absolute Gasteiger partial charge is 0.263 e. The third kappa shape index (κ3) is 6.82. The topological polar surface area (TPSA) is 122 Å². The van der Waals surface area contributed by atoms with E-state index < -0.39 is 20.9 Å². The number of halogens is 1. The summed E-state index contributed by atoms with van der Waals surface area (Å²) in [7, 11) is 0.191. The highest BCUT2D eigenvalue weighted by molar-refractivity contribution is 6.48. The Kier molecular flexibility index (Phi) is 9.45. The van der Waals surface area contributed by atoms with Crippen molar-refractivity contribution in [1.29, 1.82) is 0 Å². The van der Waals surface area contributed by atoms with Gasteiger partial charge in [0.25, 0.3) is 11.8 Å². The van der Waals surface area contributed by atoms with E-state index in [2.05, 4.69) is 33.6 Å². The van der Waals surface area contributed by atoms with E-state index >= 15 is 4.39 Å². The minimum absolute atomic E-state index is 0.126. The number of carbonyl (C=O) groups is 2. The summed E-state index contributed by atoms with van der Waals surface area (Å²) in [4.78, 5) is 39.3. The molecule has 0 radical (unpaired) electrons. The Labute approximate surface area is 268 Å². The molecule has 2 saturated heterocycles. The zero-order valence-electron chi connectivity index (χ0n) is 26.5. The lowest BCUT2D eigenvalue weighted by atomic mass is 9.95. The highest BCUT2D eigenvalue weighted by atomic mass is 28.3. The van der Waals surface area contributed by atoms with Crippen LogP contribution in [0.25, 0.3) is 22.2 Å². The highest BCUT2D eigenvalue weighted by Gasteiger charge is 2.40. The summed E-state index contributed by atoms with van der Waals surface area (Å²) in [5.41, 5.74) is 4.19. The SMILES string of the molecule is COc1cccc(F)c1CN1C[C@H](NC(=O)c2ccc3[nH]nc(-c4ccnc(C)c4)c3c2)CC[C@H]1C(=O)N1CC(O[SiH](C)C)CO1. The maximum atomic E-state index is 15.1. The first kappa shape index (κ1) is 31.8. The number of pyridine rings is 1. The van der Waals surface area contributed by atoms with Gasteiger partial charge >= 0.3 is 0 Å². The van der Waals surface area contributed by atoms with Gasteiger partial charge in [0.1, 0.15) is 23.9 Å². The van der Waals surface area contributed by atoms with Gasteiger partial charge in [-0.25, -0.2) is 9.45 Å². The maximum absolute atomic E-state index is 15.1. The molecule has 2 fully saturated rings. The Morgan fingerprint density at radius 3 is 2.78 bits per heavy atom. The van der Waals surface area contributed by atoms with Crippen LogP contribution in [0.5, 0.6) is 5.75 Å². The predicted octanol–water partition coefficient (Wildman–Crippen LogP) is 3.99. The van der Waals surface area contributed by atoms with E-state index in [1.807, 2.05) is 36.1 Å². The van der Waals surface area contributed by atoms with Gasteiger partial charge in [-0.2, -0.15) is 5.10 Å². The summed E-state index contributed by atoms with van der Waals surface area (Å²) in [5, 5.41) is 12.9. The molecule has 2 aromatic carbocycles.